The molecule has 4 aliphatic heterocycles. The van der Waals surface area contributed by atoms with Gasteiger partial charge in [-0.15, -0.1) is 0 Å². The number of rotatable bonds is 9. The van der Waals surface area contributed by atoms with E-state index >= 15 is 0 Å². The van der Waals surface area contributed by atoms with E-state index in [1.54, 1.807) is 20.2 Å². The second kappa shape index (κ2) is 25.9. The number of nitrogens with zero attached hydrogens (tertiary/aromatic N) is 6. The highest BCUT2D eigenvalue weighted by molar-refractivity contribution is 9.10. The summed E-state index contributed by atoms with van der Waals surface area (Å²) < 4.78 is 64.9. The fraction of sp³-hybridized carbons (Fsp3) is 0.633. The number of hydrogen-bond donors (Lipinski definition) is 2. The number of hydrogen-bond acceptors (Lipinski definition) is 12. The van der Waals surface area contributed by atoms with Crippen molar-refractivity contribution in [2.24, 2.45) is 33.7 Å². The summed E-state index contributed by atoms with van der Waals surface area (Å²) in [5.74, 6) is 3.62. The number of carbonyl (C=O) groups is 4. The molecule has 448 valence electrons. The van der Waals surface area contributed by atoms with Crippen LogP contribution in [0.1, 0.15) is 160 Å². The molecule has 0 radical (unpaired) electrons. The number of benzene rings is 2. The summed E-state index contributed by atoms with van der Waals surface area (Å²) in [5.41, 5.74) is 3.47. The van der Waals surface area contributed by atoms with Crippen LogP contribution in [0.4, 0.5) is 21.0 Å². The fourth-order valence-electron chi connectivity index (χ4n) is 11.2. The van der Waals surface area contributed by atoms with E-state index in [1.807, 2.05) is 93.5 Å². The third-order valence-electron chi connectivity index (χ3n) is 16.3. The van der Waals surface area contributed by atoms with Gasteiger partial charge in [-0.25, -0.2) is 26.4 Å². The summed E-state index contributed by atoms with van der Waals surface area (Å²) in [6.07, 6.45) is 11.3. The minimum atomic E-state index is -3.69. The average molecular weight is 1230 g/mol. The zero-order chi connectivity index (χ0) is 60.2. The van der Waals surface area contributed by atoms with Crippen LogP contribution in [0.5, 0.6) is 0 Å². The smallest absolute Gasteiger partial charge is 0.414 e. The van der Waals surface area contributed by atoms with E-state index in [1.165, 1.54) is 36.7 Å². The van der Waals surface area contributed by atoms with Gasteiger partial charge in [-0.2, -0.15) is 8.61 Å². The molecular formula is C60H89BrN8O10S2. The van der Waals surface area contributed by atoms with Gasteiger partial charge in [0.1, 0.15) is 34.0 Å². The highest BCUT2D eigenvalue weighted by atomic mass is 79.9. The quantitative estimate of drug-likeness (QED) is 0.242. The van der Waals surface area contributed by atoms with E-state index in [2.05, 4.69) is 47.0 Å². The molecule has 2 N–H and O–H groups in total. The Hall–Kier alpha value is -4.96. The van der Waals surface area contributed by atoms with Gasteiger partial charge in [0.2, 0.25) is 20.0 Å². The van der Waals surface area contributed by atoms with E-state index in [0.29, 0.717) is 62.2 Å². The van der Waals surface area contributed by atoms with Crippen molar-refractivity contribution in [3.63, 3.8) is 0 Å². The first-order valence-corrected chi connectivity index (χ1v) is 32.3. The molecule has 2 aliphatic carbocycles. The number of anilines is 2. The van der Waals surface area contributed by atoms with Crippen LogP contribution in [0.15, 0.2) is 56.1 Å². The third kappa shape index (κ3) is 16.4. The number of piperidine rings is 2. The maximum Gasteiger partial charge on any atom is 0.414 e. The summed E-state index contributed by atoms with van der Waals surface area (Å²) >= 11 is 3.51. The molecule has 4 amide bonds. The Balaban J connectivity index is 0.000000217. The molecule has 18 nitrogen and oxygen atoms in total. The van der Waals surface area contributed by atoms with Crippen molar-refractivity contribution < 1.29 is 45.5 Å². The van der Waals surface area contributed by atoms with E-state index in [0.717, 1.165) is 99.5 Å². The zero-order valence-electron chi connectivity index (χ0n) is 50.3. The normalized spacial score (nSPS) is 23.2. The minimum absolute atomic E-state index is 0.0539. The molecule has 0 atom stereocenters. The Kier molecular flexibility index (Phi) is 20.8. The summed E-state index contributed by atoms with van der Waals surface area (Å²) in [6.45, 7) is 27.8. The van der Waals surface area contributed by atoms with E-state index in [-0.39, 0.29) is 31.0 Å². The number of carbonyl (C=O) groups excluding carboxylic acids is 4. The van der Waals surface area contributed by atoms with Gasteiger partial charge in [-0.05, 0) is 191 Å². The van der Waals surface area contributed by atoms with Crippen molar-refractivity contribution in [2.45, 2.75) is 182 Å². The molecule has 2 saturated heterocycles. The molecule has 6 aliphatic rings. The van der Waals surface area contributed by atoms with Crippen LogP contribution in [-0.4, -0.2) is 124 Å². The van der Waals surface area contributed by atoms with Gasteiger partial charge in [0.25, 0.3) is 11.8 Å². The molecule has 0 unspecified atom stereocenters. The molecule has 0 bridgehead atoms. The fourth-order valence-corrected chi connectivity index (χ4v) is 13.5. The summed E-state index contributed by atoms with van der Waals surface area (Å²) in [5, 5.41) is 8.24. The topological polar surface area (TPSA) is 217 Å². The second-order valence-corrected chi connectivity index (χ2v) is 29.7. The van der Waals surface area contributed by atoms with Gasteiger partial charge in [-0.3, -0.25) is 29.4 Å². The van der Waals surface area contributed by atoms with Crippen LogP contribution in [0.2, 0.25) is 0 Å². The lowest BCUT2D eigenvalue weighted by Crippen LogP contribution is -2.50. The van der Waals surface area contributed by atoms with Crippen LogP contribution in [-0.2, 0) is 39.1 Å². The van der Waals surface area contributed by atoms with Crippen molar-refractivity contribution in [3.8, 4) is 0 Å². The van der Waals surface area contributed by atoms with Crippen molar-refractivity contribution in [1.29, 1.82) is 0 Å². The van der Waals surface area contributed by atoms with Gasteiger partial charge < -0.3 is 20.1 Å². The first-order chi connectivity index (χ1) is 37.6. The second-order valence-electron chi connectivity index (χ2n) is 25.2. The number of amides is 4. The Morgan fingerprint density at radius 1 is 0.630 bits per heavy atom. The SMILES string of the molecule is C=CS(=O)(=O)N1CCC2(CC1)N=C(C1CCC(C)CC1)NC2=O.Cc1cc(N(C)C(=O)OC(C)(C)C)cc(C)c1/C=C/S(=O)(=O)N1CCC2(CC1)N=C(C1CCC(C)CC1)NC2=O.Cc1cc(N(C)C(=O)OC(C)(C)C)cc(C)c1Br. The standard InChI is InChI=1S/C30H44N4O5S.C16H25N3O3S.C14H20BrNO2/c1-20-8-10-23(11-9-20)26-31-27(35)30(32-26)13-15-34(16-14-30)40(37,38)17-12-25-21(2)18-24(19-22(25)3)33(7)28(36)39-29(4,5)6;1-3-23(21,22)19-10-8-16(9-11-19)15(20)17-14(18-16)13-6-4-12(2)5-7-13;1-9-7-11(8-10(2)12(9)15)16(6)13(17)18-14(3,4)5/h12,17-20,23H,8-11,13-16H2,1-7H3,(H,31,32,35);3,12-13H,1,4-11H2,2H3,(H,17,18,20);7-8H,1-6H3/b17-12+;;. The molecular weight excluding hydrogens is 1140 g/mol. The first-order valence-electron chi connectivity index (χ1n) is 28.5. The number of aliphatic imine (C=N–C) groups is 2. The van der Waals surface area contributed by atoms with Crippen LogP contribution in [0.3, 0.4) is 0 Å². The maximum absolute atomic E-state index is 13.2. The van der Waals surface area contributed by atoms with Crippen molar-refractivity contribution in [3.05, 3.63) is 74.0 Å². The van der Waals surface area contributed by atoms with Crippen molar-refractivity contribution >= 4 is 89.1 Å². The van der Waals surface area contributed by atoms with Gasteiger partial charge in [0.15, 0.2) is 0 Å². The van der Waals surface area contributed by atoms with Gasteiger partial charge >= 0.3 is 12.2 Å². The van der Waals surface area contributed by atoms with Gasteiger partial charge in [0, 0.05) is 78.8 Å². The summed E-state index contributed by atoms with van der Waals surface area (Å²) in [6, 6.07) is 7.60. The van der Waals surface area contributed by atoms with Crippen LogP contribution in [0.25, 0.3) is 6.08 Å². The number of nitrogens with one attached hydrogen (secondary N) is 2. The number of ether oxygens (including phenoxy) is 2. The molecule has 2 aromatic carbocycles. The number of aryl methyl sites for hydroxylation is 4. The largest absolute Gasteiger partial charge is 0.443 e. The van der Waals surface area contributed by atoms with Crippen LogP contribution < -0.4 is 20.4 Å². The van der Waals surface area contributed by atoms with Gasteiger partial charge in [0.05, 0.1) is 0 Å². The summed E-state index contributed by atoms with van der Waals surface area (Å²) in [4.78, 5) is 62.5. The Bertz CT molecular complexity index is 2960. The molecule has 8 rings (SSSR count). The lowest BCUT2D eigenvalue weighted by Gasteiger charge is -2.34. The predicted molar refractivity (Wildman–Crippen MR) is 326 cm³/mol. The average Bonchev–Trinajstić information content (AvgIpc) is 3.91. The maximum atomic E-state index is 13.2. The van der Waals surface area contributed by atoms with Gasteiger partial charge in [-0.1, -0.05) is 62.0 Å². The van der Waals surface area contributed by atoms with Crippen LogP contribution in [0, 0.1) is 51.4 Å². The van der Waals surface area contributed by atoms with Crippen molar-refractivity contribution in [2.75, 3.05) is 50.1 Å². The van der Waals surface area contributed by atoms with E-state index in [9.17, 15) is 36.0 Å². The Labute approximate surface area is 491 Å². The first kappa shape index (κ1) is 65.2. The van der Waals surface area contributed by atoms with Crippen LogP contribution >= 0.6 is 15.9 Å². The Morgan fingerprint density at radius 3 is 1.30 bits per heavy atom. The molecule has 4 heterocycles. The number of halogens is 1. The third-order valence-corrected chi connectivity index (χ3v) is 20.7. The lowest BCUT2D eigenvalue weighted by molar-refractivity contribution is -0.125. The minimum Gasteiger partial charge on any atom is -0.443 e. The molecule has 4 fully saturated rings. The molecule has 2 aromatic rings. The number of amidine groups is 2. The molecule has 2 spiro atoms. The number of sulfonamides is 2. The highest BCUT2D eigenvalue weighted by Crippen LogP contribution is 2.38. The molecule has 81 heavy (non-hydrogen) atoms. The van der Waals surface area contributed by atoms with Crippen molar-refractivity contribution in [1.82, 2.24) is 19.2 Å². The molecule has 21 heteroatoms. The monoisotopic (exact) mass is 1220 g/mol. The molecule has 0 aromatic heterocycles. The van der Waals surface area contributed by atoms with E-state index < -0.39 is 48.4 Å². The zero-order valence-corrected chi connectivity index (χ0v) is 53.6. The Morgan fingerprint density at radius 2 is 0.963 bits per heavy atom. The summed E-state index contributed by atoms with van der Waals surface area (Å²) in [7, 11) is -3.73. The molecule has 2 saturated carbocycles. The lowest BCUT2D eigenvalue weighted by atomic mass is 9.82. The predicted octanol–water partition coefficient (Wildman–Crippen LogP) is 11.3. The van der Waals surface area contributed by atoms with E-state index in [4.69, 9.17) is 19.5 Å². The highest BCUT2D eigenvalue weighted by Gasteiger charge is 2.50.